The van der Waals surface area contributed by atoms with Gasteiger partial charge in [0, 0.05) is 61.2 Å². The maximum atomic E-state index is 13.0. The monoisotopic (exact) mass is 508 g/mol. The zero-order chi connectivity index (χ0) is 26.0. The maximum absolute atomic E-state index is 13.0. The SMILES string of the molecule is C=CC(=O)Nc1cc(-c2cc3c(cn2)CCc2c-3[nH]c3c2C(=O)NC2(CC2)C3)ccc1N1CCN(C)CC1. The van der Waals surface area contributed by atoms with Crippen molar-refractivity contribution in [1.82, 2.24) is 20.2 Å². The topological polar surface area (TPSA) is 93.4 Å². The lowest BCUT2D eigenvalue weighted by Crippen LogP contribution is -2.44. The molecule has 194 valence electrons. The number of carbonyl (C=O) groups is 2. The average Bonchev–Trinajstić information content (AvgIpc) is 3.54. The number of aromatic nitrogens is 2. The number of hydrogen-bond donors (Lipinski definition) is 3. The number of fused-ring (bicyclic) bond motifs is 5. The molecule has 2 amide bonds. The second-order valence-electron chi connectivity index (χ2n) is 11.2. The molecule has 1 saturated carbocycles. The summed E-state index contributed by atoms with van der Waals surface area (Å²) in [6.07, 6.45) is 7.96. The van der Waals surface area contributed by atoms with Crippen molar-refractivity contribution in [2.45, 2.75) is 37.6 Å². The van der Waals surface area contributed by atoms with Gasteiger partial charge in [-0.1, -0.05) is 12.6 Å². The van der Waals surface area contributed by atoms with Crippen LogP contribution < -0.4 is 15.5 Å². The zero-order valence-electron chi connectivity index (χ0n) is 21.7. The summed E-state index contributed by atoms with van der Waals surface area (Å²) in [5, 5.41) is 6.28. The molecule has 0 radical (unpaired) electrons. The van der Waals surface area contributed by atoms with Crippen LogP contribution in [-0.2, 0) is 24.1 Å². The number of piperazine rings is 1. The van der Waals surface area contributed by atoms with E-state index in [4.69, 9.17) is 4.98 Å². The summed E-state index contributed by atoms with van der Waals surface area (Å²) < 4.78 is 0. The number of benzene rings is 1. The zero-order valence-corrected chi connectivity index (χ0v) is 21.7. The van der Waals surface area contributed by atoms with E-state index in [9.17, 15) is 9.59 Å². The molecule has 4 aliphatic rings. The number of H-pyrrole nitrogens is 1. The number of nitrogens with one attached hydrogen (secondary N) is 3. The van der Waals surface area contributed by atoms with Crippen molar-refractivity contribution in [3.63, 3.8) is 0 Å². The number of rotatable bonds is 4. The van der Waals surface area contributed by atoms with Crippen LogP contribution in [0.2, 0.25) is 0 Å². The Bertz CT molecular complexity index is 1490. The highest BCUT2D eigenvalue weighted by Gasteiger charge is 2.49. The van der Waals surface area contributed by atoms with Crippen LogP contribution in [0.5, 0.6) is 0 Å². The highest BCUT2D eigenvalue weighted by Crippen LogP contribution is 2.46. The molecule has 1 spiro atoms. The van der Waals surface area contributed by atoms with E-state index in [2.05, 4.69) is 57.2 Å². The Morgan fingerprint density at radius 1 is 1.16 bits per heavy atom. The molecule has 1 aromatic carbocycles. The van der Waals surface area contributed by atoms with Crippen LogP contribution >= 0.6 is 0 Å². The number of aryl methyl sites for hydroxylation is 1. The third-order valence-electron chi connectivity index (χ3n) is 8.64. The number of pyridine rings is 1. The van der Waals surface area contributed by atoms with Crippen LogP contribution in [0.1, 0.15) is 40.0 Å². The predicted octanol–water partition coefficient (Wildman–Crippen LogP) is 3.54. The molecule has 2 fully saturated rings. The highest BCUT2D eigenvalue weighted by atomic mass is 16.2. The fraction of sp³-hybridized carbons (Fsp3) is 0.367. The minimum absolute atomic E-state index is 0.0262. The van der Waals surface area contributed by atoms with Gasteiger partial charge in [0.2, 0.25) is 5.91 Å². The first-order valence-corrected chi connectivity index (χ1v) is 13.5. The number of hydrogen-bond acceptors (Lipinski definition) is 5. The van der Waals surface area contributed by atoms with Gasteiger partial charge in [0.15, 0.2) is 0 Å². The largest absolute Gasteiger partial charge is 0.367 e. The third kappa shape index (κ3) is 3.82. The number of amides is 2. The summed E-state index contributed by atoms with van der Waals surface area (Å²) in [6.45, 7) is 7.39. The summed E-state index contributed by atoms with van der Waals surface area (Å²) >= 11 is 0. The molecule has 2 aromatic heterocycles. The van der Waals surface area contributed by atoms with E-state index in [1.54, 1.807) is 0 Å². The van der Waals surface area contributed by atoms with E-state index in [0.717, 1.165) is 109 Å². The van der Waals surface area contributed by atoms with Gasteiger partial charge in [0.1, 0.15) is 0 Å². The molecule has 2 aliphatic heterocycles. The first-order valence-electron chi connectivity index (χ1n) is 13.5. The standard InChI is InChI=1S/C30H32N6O2/c1-3-26(37)32-23-14-18(5-7-25(23)36-12-10-35(2)11-13-36)22-15-21-19(17-31-22)4-6-20-27-24(33-28(20)21)16-30(8-9-30)34-29(27)38/h3,5,7,14-15,17,33H,1,4,6,8-13,16H2,2H3,(H,32,37)(H,34,38). The quantitative estimate of drug-likeness (QED) is 0.469. The van der Waals surface area contributed by atoms with Gasteiger partial charge in [-0.15, -0.1) is 0 Å². The van der Waals surface area contributed by atoms with Gasteiger partial charge in [-0.2, -0.15) is 0 Å². The molecule has 1 saturated heterocycles. The Kier molecular flexibility index (Phi) is 5.23. The van der Waals surface area contributed by atoms with Gasteiger partial charge in [0.25, 0.3) is 5.91 Å². The molecule has 3 N–H and O–H groups in total. The van der Waals surface area contributed by atoms with Gasteiger partial charge < -0.3 is 25.4 Å². The van der Waals surface area contributed by atoms with Gasteiger partial charge in [0.05, 0.1) is 28.3 Å². The molecule has 0 bridgehead atoms. The second kappa shape index (κ2) is 8.56. The normalized spacial score (nSPS) is 19.3. The van der Waals surface area contributed by atoms with E-state index in [-0.39, 0.29) is 17.4 Å². The lowest BCUT2D eigenvalue weighted by atomic mass is 9.87. The van der Waals surface area contributed by atoms with Gasteiger partial charge in [-0.05, 0) is 68.1 Å². The molecular formula is C30H32N6O2. The number of likely N-dealkylation sites (N-methyl/N-ethyl adjacent to an activating group) is 1. The van der Waals surface area contributed by atoms with Crippen molar-refractivity contribution in [1.29, 1.82) is 0 Å². The van der Waals surface area contributed by atoms with Gasteiger partial charge >= 0.3 is 0 Å². The number of carbonyl (C=O) groups excluding carboxylic acids is 2. The summed E-state index contributed by atoms with van der Waals surface area (Å²) in [7, 11) is 2.13. The number of anilines is 2. The van der Waals surface area contributed by atoms with Gasteiger partial charge in [-0.3, -0.25) is 14.6 Å². The van der Waals surface area contributed by atoms with Crippen LogP contribution in [0.3, 0.4) is 0 Å². The Morgan fingerprint density at radius 2 is 1.97 bits per heavy atom. The molecule has 8 nitrogen and oxygen atoms in total. The van der Waals surface area contributed by atoms with Crippen LogP contribution in [0, 0.1) is 0 Å². The second-order valence-corrected chi connectivity index (χ2v) is 11.2. The van der Waals surface area contributed by atoms with Crippen LogP contribution in [0.15, 0.2) is 43.1 Å². The smallest absolute Gasteiger partial charge is 0.253 e. The van der Waals surface area contributed by atoms with E-state index in [1.807, 2.05) is 12.3 Å². The lowest BCUT2D eigenvalue weighted by molar-refractivity contribution is -0.111. The summed E-state index contributed by atoms with van der Waals surface area (Å²) in [4.78, 5) is 38.4. The summed E-state index contributed by atoms with van der Waals surface area (Å²) in [5.41, 5.74) is 9.94. The van der Waals surface area contributed by atoms with E-state index < -0.39 is 0 Å². The molecule has 0 unspecified atom stereocenters. The summed E-state index contributed by atoms with van der Waals surface area (Å²) in [6, 6.07) is 8.31. The summed E-state index contributed by atoms with van der Waals surface area (Å²) in [5.74, 6) is -0.162. The Hall–Kier alpha value is -3.91. The molecule has 2 aliphatic carbocycles. The van der Waals surface area contributed by atoms with E-state index in [0.29, 0.717) is 0 Å². The molecular weight excluding hydrogens is 476 g/mol. The Balaban J connectivity index is 1.27. The average molecular weight is 509 g/mol. The van der Waals surface area contributed by atoms with Crippen LogP contribution in [0.4, 0.5) is 11.4 Å². The molecule has 0 atom stereocenters. The Morgan fingerprint density at radius 3 is 2.74 bits per heavy atom. The predicted molar refractivity (Wildman–Crippen MR) is 149 cm³/mol. The van der Waals surface area contributed by atoms with Crippen LogP contribution in [-0.4, -0.2) is 65.4 Å². The molecule has 4 heterocycles. The minimum atomic E-state index is -0.232. The maximum Gasteiger partial charge on any atom is 0.253 e. The number of nitrogens with zero attached hydrogens (tertiary/aromatic N) is 3. The van der Waals surface area contributed by atoms with Crippen molar-refractivity contribution in [2.75, 3.05) is 43.4 Å². The Labute approximate surface area is 222 Å². The van der Waals surface area contributed by atoms with Crippen molar-refractivity contribution >= 4 is 23.2 Å². The lowest BCUT2D eigenvalue weighted by Gasteiger charge is -2.35. The van der Waals surface area contributed by atoms with Gasteiger partial charge in [-0.25, -0.2) is 0 Å². The molecule has 8 heteroatoms. The van der Waals surface area contributed by atoms with Crippen molar-refractivity contribution in [3.05, 3.63) is 65.5 Å². The minimum Gasteiger partial charge on any atom is -0.367 e. The first kappa shape index (κ1) is 23.2. The van der Waals surface area contributed by atoms with Crippen LogP contribution in [0.25, 0.3) is 22.5 Å². The fourth-order valence-electron chi connectivity index (χ4n) is 6.26. The molecule has 38 heavy (non-hydrogen) atoms. The van der Waals surface area contributed by atoms with E-state index in [1.165, 1.54) is 11.6 Å². The van der Waals surface area contributed by atoms with E-state index >= 15 is 0 Å². The number of aromatic amines is 1. The third-order valence-corrected chi connectivity index (χ3v) is 8.64. The van der Waals surface area contributed by atoms with Crippen molar-refractivity contribution in [2.24, 2.45) is 0 Å². The van der Waals surface area contributed by atoms with Crippen molar-refractivity contribution in [3.8, 4) is 22.5 Å². The molecule has 7 rings (SSSR count). The first-order chi connectivity index (χ1) is 18.4. The highest BCUT2D eigenvalue weighted by molar-refractivity contribution is 6.02. The molecule has 3 aromatic rings. The van der Waals surface area contributed by atoms with Crippen molar-refractivity contribution < 1.29 is 9.59 Å². The fourth-order valence-corrected chi connectivity index (χ4v) is 6.26.